The molecule has 0 bridgehead atoms. The summed E-state index contributed by atoms with van der Waals surface area (Å²) < 4.78 is 4.81. The molecule has 1 amide bonds. The van der Waals surface area contributed by atoms with Gasteiger partial charge in [0.15, 0.2) is 5.76 Å². The monoisotopic (exact) mass is 152 g/mol. The highest BCUT2D eigenvalue weighted by molar-refractivity contribution is 5.91. The molecule has 0 unspecified atom stereocenters. The molecule has 1 aromatic heterocycles. The lowest BCUT2D eigenvalue weighted by molar-refractivity contribution is 0.0927. The van der Waals surface area contributed by atoms with Crippen molar-refractivity contribution < 1.29 is 9.21 Å². The molecule has 1 N–H and O–H groups in total. The van der Waals surface area contributed by atoms with Crippen LogP contribution in [0.1, 0.15) is 17.5 Å². The van der Waals surface area contributed by atoms with E-state index < -0.39 is 0 Å². The van der Waals surface area contributed by atoms with Gasteiger partial charge in [0.2, 0.25) is 0 Å². The summed E-state index contributed by atoms with van der Waals surface area (Å²) in [6.45, 7) is 1.71. The normalized spacial score (nSPS) is 10.3. The van der Waals surface area contributed by atoms with Gasteiger partial charge in [-0.15, -0.1) is 0 Å². The number of nitrogens with one attached hydrogen (secondary N) is 1. The summed E-state index contributed by atoms with van der Waals surface area (Å²) in [7, 11) is 0. The molecule has 4 nitrogen and oxygen atoms in total. The summed E-state index contributed by atoms with van der Waals surface area (Å²) in [5.41, 5.74) is 2.27. The quantitative estimate of drug-likeness (QED) is 0.508. The van der Waals surface area contributed by atoms with Crippen molar-refractivity contribution in [1.29, 1.82) is 0 Å². The maximum absolute atomic E-state index is 10.9. The number of hydrogen-bond acceptors (Lipinski definition) is 3. The minimum atomic E-state index is -0.340. The second-order valence-electron chi connectivity index (χ2n) is 1.81. The molecule has 0 aromatic carbocycles. The summed E-state index contributed by atoms with van der Waals surface area (Å²) in [5, 5.41) is 3.54. The maximum atomic E-state index is 10.9. The molecule has 0 aliphatic carbocycles. The molecule has 0 spiro atoms. The smallest absolute Gasteiger partial charge is 0.307 e. The fourth-order valence-corrected chi connectivity index (χ4v) is 0.586. The molecule has 1 heterocycles. The number of amides is 1. The first-order chi connectivity index (χ1) is 5.34. The van der Waals surface area contributed by atoms with E-state index in [1.54, 1.807) is 19.1 Å². The summed E-state index contributed by atoms with van der Waals surface area (Å²) >= 11 is 0. The molecule has 0 saturated heterocycles. The van der Waals surface area contributed by atoms with Crippen molar-refractivity contribution in [2.45, 2.75) is 6.92 Å². The molecule has 58 valence electrons. The highest BCUT2D eigenvalue weighted by atomic mass is 16.3. The molecule has 0 saturated carbocycles. The maximum Gasteiger partial charge on any atom is 0.307 e. The van der Waals surface area contributed by atoms with E-state index in [0.717, 1.165) is 0 Å². The summed E-state index contributed by atoms with van der Waals surface area (Å²) in [6, 6.07) is 3.21. The van der Waals surface area contributed by atoms with E-state index in [4.69, 9.17) is 4.42 Å². The zero-order chi connectivity index (χ0) is 8.10. The van der Waals surface area contributed by atoms with Gasteiger partial charge in [0, 0.05) is 6.21 Å². The van der Waals surface area contributed by atoms with Gasteiger partial charge in [-0.2, -0.15) is 5.10 Å². The number of nitrogens with zero attached hydrogens (tertiary/aromatic N) is 1. The van der Waals surface area contributed by atoms with Crippen LogP contribution in [0.15, 0.2) is 27.9 Å². The van der Waals surface area contributed by atoms with E-state index in [9.17, 15) is 4.79 Å². The van der Waals surface area contributed by atoms with Crippen LogP contribution in [0.3, 0.4) is 0 Å². The van der Waals surface area contributed by atoms with Gasteiger partial charge in [-0.1, -0.05) is 0 Å². The zero-order valence-corrected chi connectivity index (χ0v) is 6.07. The molecule has 0 fully saturated rings. The van der Waals surface area contributed by atoms with Crippen LogP contribution in [-0.2, 0) is 0 Å². The van der Waals surface area contributed by atoms with Crippen LogP contribution in [0.4, 0.5) is 0 Å². The summed E-state index contributed by atoms with van der Waals surface area (Å²) in [5.74, 6) is -0.0799. The fourth-order valence-electron chi connectivity index (χ4n) is 0.586. The van der Waals surface area contributed by atoms with Gasteiger partial charge in [-0.3, -0.25) is 4.79 Å². The second-order valence-corrected chi connectivity index (χ2v) is 1.81. The molecule has 0 radical (unpaired) electrons. The SMILES string of the molecule is C/C=N/NC(=O)c1ccco1. The number of carbonyl (C=O) groups excluding carboxylic acids is 1. The van der Waals surface area contributed by atoms with E-state index >= 15 is 0 Å². The number of hydrazone groups is 1. The molecule has 1 rings (SSSR count). The minimum absolute atomic E-state index is 0.260. The number of hydrogen-bond donors (Lipinski definition) is 1. The molecule has 0 atom stereocenters. The lowest BCUT2D eigenvalue weighted by atomic mass is 10.4. The van der Waals surface area contributed by atoms with Crippen LogP contribution >= 0.6 is 0 Å². The van der Waals surface area contributed by atoms with Crippen LogP contribution in [0.25, 0.3) is 0 Å². The first kappa shape index (κ1) is 7.53. The highest BCUT2D eigenvalue weighted by Crippen LogP contribution is 1.98. The van der Waals surface area contributed by atoms with Crippen molar-refractivity contribution in [1.82, 2.24) is 5.43 Å². The molecule has 0 aliphatic rings. The minimum Gasteiger partial charge on any atom is -0.459 e. The van der Waals surface area contributed by atoms with Gasteiger partial charge in [0.05, 0.1) is 6.26 Å². The van der Waals surface area contributed by atoms with E-state index in [0.29, 0.717) is 0 Å². The van der Waals surface area contributed by atoms with E-state index in [1.807, 2.05) is 0 Å². The van der Waals surface area contributed by atoms with E-state index in [2.05, 4.69) is 10.5 Å². The zero-order valence-electron chi connectivity index (χ0n) is 6.07. The molecular weight excluding hydrogens is 144 g/mol. The van der Waals surface area contributed by atoms with Gasteiger partial charge in [-0.25, -0.2) is 5.43 Å². The Balaban J connectivity index is 2.56. The third kappa shape index (κ3) is 1.93. The van der Waals surface area contributed by atoms with Crippen molar-refractivity contribution in [2.24, 2.45) is 5.10 Å². The predicted octanol–water partition coefficient (Wildman–Crippen LogP) is 1.02. The van der Waals surface area contributed by atoms with Crippen LogP contribution in [-0.4, -0.2) is 12.1 Å². The van der Waals surface area contributed by atoms with Crippen LogP contribution < -0.4 is 5.43 Å². The Hall–Kier alpha value is -1.58. The molecule has 1 aromatic rings. The average molecular weight is 152 g/mol. The van der Waals surface area contributed by atoms with Crippen LogP contribution in [0.5, 0.6) is 0 Å². The van der Waals surface area contributed by atoms with Crippen LogP contribution in [0.2, 0.25) is 0 Å². The molecular formula is C7H8N2O2. The Labute approximate surface area is 63.9 Å². The third-order valence-electron chi connectivity index (χ3n) is 1.04. The molecule has 11 heavy (non-hydrogen) atoms. The Kier molecular flexibility index (Phi) is 2.43. The van der Waals surface area contributed by atoms with Crippen molar-refractivity contribution in [2.75, 3.05) is 0 Å². The first-order valence-corrected chi connectivity index (χ1v) is 3.16. The van der Waals surface area contributed by atoms with Gasteiger partial charge >= 0.3 is 5.91 Å². The van der Waals surface area contributed by atoms with Crippen molar-refractivity contribution in [3.63, 3.8) is 0 Å². The van der Waals surface area contributed by atoms with Gasteiger partial charge < -0.3 is 4.42 Å². The first-order valence-electron chi connectivity index (χ1n) is 3.16. The standard InChI is InChI=1S/C7H8N2O2/c1-2-8-9-7(10)6-4-3-5-11-6/h2-5H,1H3,(H,9,10)/b8-2+. The Morgan fingerprint density at radius 3 is 3.18 bits per heavy atom. The number of carbonyl (C=O) groups is 1. The highest BCUT2D eigenvalue weighted by Gasteiger charge is 2.04. The Morgan fingerprint density at radius 1 is 1.82 bits per heavy atom. The lowest BCUT2D eigenvalue weighted by Gasteiger charge is -1.91. The van der Waals surface area contributed by atoms with Gasteiger partial charge in [0.25, 0.3) is 0 Å². The van der Waals surface area contributed by atoms with Crippen molar-refractivity contribution in [3.05, 3.63) is 24.2 Å². The average Bonchev–Trinajstić information content (AvgIpc) is 2.52. The van der Waals surface area contributed by atoms with Crippen LogP contribution in [0, 0.1) is 0 Å². The summed E-state index contributed by atoms with van der Waals surface area (Å²) in [6.07, 6.45) is 2.92. The van der Waals surface area contributed by atoms with Crippen molar-refractivity contribution in [3.8, 4) is 0 Å². The number of rotatable bonds is 2. The predicted molar refractivity (Wildman–Crippen MR) is 40.3 cm³/mol. The second kappa shape index (κ2) is 3.55. The van der Waals surface area contributed by atoms with Crippen molar-refractivity contribution >= 4 is 12.1 Å². The topological polar surface area (TPSA) is 54.6 Å². The number of furan rings is 1. The largest absolute Gasteiger partial charge is 0.459 e. The molecule has 4 heteroatoms. The lowest BCUT2D eigenvalue weighted by Crippen LogP contribution is -2.16. The summed E-state index contributed by atoms with van der Waals surface area (Å²) in [4.78, 5) is 10.9. The third-order valence-corrected chi connectivity index (χ3v) is 1.04. The molecule has 0 aliphatic heterocycles. The Bertz CT molecular complexity index is 251. The van der Waals surface area contributed by atoms with E-state index in [1.165, 1.54) is 12.5 Å². The van der Waals surface area contributed by atoms with Gasteiger partial charge in [0.1, 0.15) is 0 Å². The van der Waals surface area contributed by atoms with E-state index in [-0.39, 0.29) is 11.7 Å². The van der Waals surface area contributed by atoms with Gasteiger partial charge in [-0.05, 0) is 19.1 Å². The Morgan fingerprint density at radius 2 is 2.64 bits per heavy atom. The fraction of sp³-hybridized carbons (Fsp3) is 0.143.